The fraction of sp³-hybridized carbons (Fsp3) is 0.353. The van der Waals surface area contributed by atoms with Crippen LogP contribution in [0.15, 0.2) is 32.5 Å². The minimum absolute atomic E-state index is 0.0966. The average molecular weight is 442 g/mol. The Bertz CT molecular complexity index is 1100. The molecular formula is C17H18BrClN4O3. The minimum Gasteiger partial charge on any atom is -0.396 e. The topological polar surface area (TPSA) is 82.1 Å². The third-order valence-corrected chi connectivity index (χ3v) is 5.32. The maximum atomic E-state index is 12.9. The van der Waals surface area contributed by atoms with Crippen molar-refractivity contribution in [3.63, 3.8) is 0 Å². The number of hydrogen-bond donors (Lipinski definition) is 1. The van der Waals surface area contributed by atoms with Gasteiger partial charge in [-0.05, 0) is 46.5 Å². The molecule has 9 heteroatoms. The van der Waals surface area contributed by atoms with Gasteiger partial charge in [-0.2, -0.15) is 0 Å². The zero-order valence-corrected chi connectivity index (χ0v) is 16.7. The smallest absolute Gasteiger partial charge is 0.332 e. The number of rotatable bonds is 5. The summed E-state index contributed by atoms with van der Waals surface area (Å²) in [6.07, 6.45) is 0.326. The number of aryl methyl sites for hydroxylation is 2. The van der Waals surface area contributed by atoms with E-state index < -0.39 is 11.2 Å². The molecule has 0 aliphatic rings. The van der Waals surface area contributed by atoms with Crippen LogP contribution in [0, 0.1) is 6.92 Å². The van der Waals surface area contributed by atoms with Gasteiger partial charge in [-0.3, -0.25) is 13.9 Å². The fourth-order valence-corrected chi connectivity index (χ4v) is 3.49. The Kier molecular flexibility index (Phi) is 5.36. The van der Waals surface area contributed by atoms with E-state index >= 15 is 0 Å². The van der Waals surface area contributed by atoms with Gasteiger partial charge in [-0.15, -0.1) is 0 Å². The second-order valence-corrected chi connectivity index (χ2v) is 7.21. The van der Waals surface area contributed by atoms with Crippen molar-refractivity contribution in [2.24, 2.45) is 7.05 Å². The van der Waals surface area contributed by atoms with Crippen molar-refractivity contribution in [1.82, 2.24) is 18.7 Å². The molecule has 0 radical (unpaired) electrons. The van der Waals surface area contributed by atoms with Crippen LogP contribution < -0.4 is 11.2 Å². The molecule has 0 saturated heterocycles. The van der Waals surface area contributed by atoms with Crippen molar-refractivity contribution in [3.8, 4) is 0 Å². The summed E-state index contributed by atoms with van der Waals surface area (Å²) in [7, 11) is 1.58. The monoisotopic (exact) mass is 440 g/mol. The van der Waals surface area contributed by atoms with Gasteiger partial charge in [0.25, 0.3) is 5.56 Å². The summed E-state index contributed by atoms with van der Waals surface area (Å²) in [5, 5.41) is 9.71. The van der Waals surface area contributed by atoms with Crippen molar-refractivity contribution in [2.75, 3.05) is 6.61 Å². The second-order valence-electron chi connectivity index (χ2n) is 6.10. The van der Waals surface area contributed by atoms with Crippen LogP contribution in [0.1, 0.15) is 17.5 Å². The molecule has 0 amide bonds. The highest BCUT2D eigenvalue weighted by molar-refractivity contribution is 9.10. The first kappa shape index (κ1) is 18.9. The molecule has 0 aliphatic carbocycles. The largest absolute Gasteiger partial charge is 0.396 e. The van der Waals surface area contributed by atoms with E-state index in [0.717, 1.165) is 15.7 Å². The highest BCUT2D eigenvalue weighted by Gasteiger charge is 2.19. The van der Waals surface area contributed by atoms with Crippen LogP contribution in [0.4, 0.5) is 0 Å². The molecule has 0 bridgehead atoms. The van der Waals surface area contributed by atoms with Crippen LogP contribution in [-0.2, 0) is 20.1 Å². The van der Waals surface area contributed by atoms with Crippen molar-refractivity contribution >= 4 is 38.7 Å². The van der Waals surface area contributed by atoms with Crippen molar-refractivity contribution < 1.29 is 5.11 Å². The molecule has 1 aromatic carbocycles. The standard InChI is InChI=1S/C17H18BrClN4O3/c1-10-8-11(4-5-12(10)19)9-23-13-14(20-16(23)18)21(2)17(26)22(15(13)25)6-3-7-24/h4-5,8,24H,3,6-7,9H2,1-2H3. The molecule has 0 fully saturated rings. The van der Waals surface area contributed by atoms with Crippen LogP contribution in [0.2, 0.25) is 5.02 Å². The molecule has 26 heavy (non-hydrogen) atoms. The Labute approximate surface area is 162 Å². The third-order valence-electron chi connectivity index (χ3n) is 4.29. The Hall–Kier alpha value is -1.90. The minimum atomic E-state index is -0.449. The zero-order valence-electron chi connectivity index (χ0n) is 14.4. The normalized spacial score (nSPS) is 11.4. The summed E-state index contributed by atoms with van der Waals surface area (Å²) in [6, 6.07) is 5.65. The predicted octanol–water partition coefficient (Wildman–Crippen LogP) is 2.05. The van der Waals surface area contributed by atoms with E-state index in [1.165, 1.54) is 4.57 Å². The van der Waals surface area contributed by atoms with Gasteiger partial charge < -0.3 is 9.67 Å². The van der Waals surface area contributed by atoms with E-state index in [0.29, 0.717) is 33.9 Å². The van der Waals surface area contributed by atoms with Crippen LogP contribution in [-0.4, -0.2) is 30.4 Å². The number of imidazole rings is 1. The van der Waals surface area contributed by atoms with E-state index in [1.807, 2.05) is 25.1 Å². The second kappa shape index (κ2) is 7.38. The van der Waals surface area contributed by atoms with Gasteiger partial charge >= 0.3 is 5.69 Å². The molecule has 0 atom stereocenters. The van der Waals surface area contributed by atoms with Gasteiger partial charge in [0.15, 0.2) is 15.9 Å². The number of aromatic nitrogens is 4. The lowest BCUT2D eigenvalue weighted by Crippen LogP contribution is -2.39. The van der Waals surface area contributed by atoms with Crippen molar-refractivity contribution in [1.29, 1.82) is 0 Å². The van der Waals surface area contributed by atoms with E-state index in [-0.39, 0.29) is 13.2 Å². The first-order valence-electron chi connectivity index (χ1n) is 8.06. The van der Waals surface area contributed by atoms with Gasteiger partial charge in [0, 0.05) is 25.2 Å². The van der Waals surface area contributed by atoms with E-state index in [4.69, 9.17) is 16.7 Å². The Balaban J connectivity index is 2.21. The molecule has 0 saturated carbocycles. The van der Waals surface area contributed by atoms with E-state index in [9.17, 15) is 9.59 Å². The van der Waals surface area contributed by atoms with Crippen LogP contribution in [0.25, 0.3) is 11.2 Å². The summed E-state index contributed by atoms with van der Waals surface area (Å²) in [4.78, 5) is 29.7. The highest BCUT2D eigenvalue weighted by atomic mass is 79.9. The summed E-state index contributed by atoms with van der Waals surface area (Å²) in [5.74, 6) is 0. The number of aliphatic hydroxyl groups excluding tert-OH is 1. The summed E-state index contributed by atoms with van der Waals surface area (Å²) < 4.78 is 4.68. The quantitative estimate of drug-likeness (QED) is 0.615. The molecule has 1 N–H and O–H groups in total. The van der Waals surface area contributed by atoms with Gasteiger partial charge in [-0.25, -0.2) is 9.78 Å². The number of aliphatic hydroxyl groups is 1. The van der Waals surface area contributed by atoms with Gasteiger partial charge in [-0.1, -0.05) is 23.7 Å². The lowest BCUT2D eigenvalue weighted by atomic mass is 10.1. The SMILES string of the molecule is Cc1cc(Cn2c(Br)nc3c2c(=O)n(CCCO)c(=O)n3C)ccc1Cl. The Morgan fingerprint density at radius 2 is 2.00 bits per heavy atom. The molecule has 0 aliphatic heterocycles. The van der Waals surface area contributed by atoms with Gasteiger partial charge in [0.05, 0.1) is 6.54 Å². The van der Waals surface area contributed by atoms with Crippen molar-refractivity contribution in [3.05, 3.63) is 59.9 Å². The molecule has 7 nitrogen and oxygen atoms in total. The molecule has 3 aromatic rings. The third kappa shape index (κ3) is 3.24. The highest BCUT2D eigenvalue weighted by Crippen LogP contribution is 2.21. The molecule has 0 unspecified atom stereocenters. The average Bonchev–Trinajstić information content (AvgIpc) is 2.93. The summed E-state index contributed by atoms with van der Waals surface area (Å²) in [5.41, 5.74) is 1.69. The molecule has 2 aromatic heterocycles. The van der Waals surface area contributed by atoms with Gasteiger partial charge in [0.1, 0.15) is 0 Å². The number of hydrogen-bond acceptors (Lipinski definition) is 4. The first-order chi connectivity index (χ1) is 12.3. The molecule has 2 heterocycles. The number of benzene rings is 1. The number of nitrogens with zero attached hydrogens (tertiary/aromatic N) is 4. The van der Waals surface area contributed by atoms with Crippen LogP contribution in [0.3, 0.4) is 0 Å². The van der Waals surface area contributed by atoms with Crippen LogP contribution in [0.5, 0.6) is 0 Å². The van der Waals surface area contributed by atoms with Crippen LogP contribution >= 0.6 is 27.5 Å². The molecule has 3 rings (SSSR count). The fourth-order valence-electron chi connectivity index (χ4n) is 2.90. The molecular weight excluding hydrogens is 424 g/mol. The summed E-state index contributed by atoms with van der Waals surface area (Å²) in [6.45, 7) is 2.38. The summed E-state index contributed by atoms with van der Waals surface area (Å²) >= 11 is 9.47. The first-order valence-corrected chi connectivity index (χ1v) is 9.23. The van der Waals surface area contributed by atoms with E-state index in [1.54, 1.807) is 11.6 Å². The van der Waals surface area contributed by atoms with E-state index in [2.05, 4.69) is 20.9 Å². The van der Waals surface area contributed by atoms with Crippen molar-refractivity contribution in [2.45, 2.75) is 26.4 Å². The maximum Gasteiger partial charge on any atom is 0.332 e. The lowest BCUT2D eigenvalue weighted by molar-refractivity contribution is 0.277. The predicted molar refractivity (Wildman–Crippen MR) is 104 cm³/mol. The molecule has 0 spiro atoms. The number of halogens is 2. The molecule has 138 valence electrons. The van der Waals surface area contributed by atoms with Gasteiger partial charge in [0.2, 0.25) is 0 Å². The lowest BCUT2D eigenvalue weighted by Gasteiger charge is -2.10. The Morgan fingerprint density at radius 3 is 2.65 bits per heavy atom. The Morgan fingerprint density at radius 1 is 1.27 bits per heavy atom. The maximum absolute atomic E-state index is 12.9. The number of fused-ring (bicyclic) bond motifs is 1. The zero-order chi connectivity index (χ0) is 19.0.